The van der Waals surface area contributed by atoms with Crippen molar-refractivity contribution < 1.29 is 48.9 Å². The first kappa shape index (κ1) is 36.2. The van der Waals surface area contributed by atoms with Gasteiger partial charge in [0, 0.05) is 13.0 Å². The highest BCUT2D eigenvalue weighted by atomic mass is 16.4. The van der Waals surface area contributed by atoms with Gasteiger partial charge in [-0.25, -0.2) is 0 Å². The molecule has 0 aromatic rings. The number of nitrogens with one attached hydrogen (secondary N) is 4. The van der Waals surface area contributed by atoms with Crippen LogP contribution in [0.4, 0.5) is 0 Å². The highest BCUT2D eigenvalue weighted by Gasteiger charge is 2.39. The Labute approximate surface area is 243 Å². The number of nitrogens with zero attached hydrogens (tertiary/aromatic N) is 1. The fourth-order valence-electron chi connectivity index (χ4n) is 4.19. The zero-order valence-corrected chi connectivity index (χ0v) is 23.8. The van der Waals surface area contributed by atoms with Crippen LogP contribution in [0, 0.1) is 0 Å². The molecule has 42 heavy (non-hydrogen) atoms. The third kappa shape index (κ3) is 11.6. The van der Waals surface area contributed by atoms with E-state index in [1.54, 1.807) is 0 Å². The Kier molecular flexibility index (Phi) is 15.4. The maximum atomic E-state index is 13.1. The number of amides is 5. The number of hydrogen-bond donors (Lipinski definition) is 9. The van der Waals surface area contributed by atoms with Gasteiger partial charge in [-0.3, -0.25) is 33.6 Å². The first-order chi connectivity index (χ1) is 19.7. The molecule has 0 aromatic heterocycles. The number of unbranched alkanes of at least 4 members (excludes halogenated alkanes) is 1. The van der Waals surface area contributed by atoms with Gasteiger partial charge >= 0.3 is 11.9 Å². The molecule has 1 heterocycles. The molecule has 17 heteroatoms. The Balaban J connectivity index is 2.84. The lowest BCUT2D eigenvalue weighted by Crippen LogP contribution is -2.59. The van der Waals surface area contributed by atoms with Crippen molar-refractivity contribution in [2.45, 2.75) is 95.0 Å². The summed E-state index contributed by atoms with van der Waals surface area (Å²) in [7, 11) is 0. The minimum absolute atomic E-state index is 0.158. The first-order valence-corrected chi connectivity index (χ1v) is 13.8. The van der Waals surface area contributed by atoms with Crippen LogP contribution in [-0.4, -0.2) is 118 Å². The van der Waals surface area contributed by atoms with Crippen molar-refractivity contribution in [3.05, 3.63) is 0 Å². The molecule has 1 fully saturated rings. The summed E-state index contributed by atoms with van der Waals surface area (Å²) in [5, 5.41) is 37.1. The molecule has 11 N–H and O–H groups in total. The number of aliphatic hydroxyl groups is 1. The van der Waals surface area contributed by atoms with Gasteiger partial charge in [0.05, 0.1) is 12.6 Å². The summed E-state index contributed by atoms with van der Waals surface area (Å²) in [6.07, 6.45) is 1.46. The second-order valence-electron chi connectivity index (χ2n) is 10.1. The Morgan fingerprint density at radius 1 is 0.857 bits per heavy atom. The van der Waals surface area contributed by atoms with Crippen LogP contribution in [0.2, 0.25) is 0 Å². The molecule has 17 nitrogen and oxygen atoms in total. The van der Waals surface area contributed by atoms with Gasteiger partial charge in [-0.15, -0.1) is 0 Å². The Bertz CT molecular complexity index is 995. The molecule has 1 rings (SSSR count). The van der Waals surface area contributed by atoms with Crippen molar-refractivity contribution in [3.63, 3.8) is 0 Å². The van der Waals surface area contributed by atoms with Gasteiger partial charge in [-0.1, -0.05) is 6.42 Å². The van der Waals surface area contributed by atoms with Crippen LogP contribution in [0.3, 0.4) is 0 Å². The molecule has 0 spiro atoms. The topological polar surface area (TPSA) is 284 Å². The molecule has 6 atom stereocenters. The lowest BCUT2D eigenvalue weighted by Gasteiger charge is -2.29. The average molecular weight is 602 g/mol. The minimum Gasteiger partial charge on any atom is -0.481 e. The number of hydrogen-bond acceptors (Lipinski definition) is 10. The summed E-state index contributed by atoms with van der Waals surface area (Å²) in [5.74, 6) is -6.38. The quantitative estimate of drug-likeness (QED) is 0.0688. The predicted molar refractivity (Wildman–Crippen MR) is 146 cm³/mol. The summed E-state index contributed by atoms with van der Waals surface area (Å²) in [6.45, 7) is 2.37. The normalized spacial score (nSPS) is 18.1. The van der Waals surface area contributed by atoms with Crippen molar-refractivity contribution in [3.8, 4) is 0 Å². The van der Waals surface area contributed by atoms with E-state index in [4.69, 9.17) is 21.7 Å². The highest BCUT2D eigenvalue weighted by molar-refractivity contribution is 5.96. The number of carboxylic acids is 2. The average Bonchev–Trinajstić information content (AvgIpc) is 3.43. The van der Waals surface area contributed by atoms with Crippen LogP contribution in [0.1, 0.15) is 58.8 Å². The lowest BCUT2D eigenvalue weighted by molar-refractivity contribution is -0.143. The molecule has 1 saturated heterocycles. The number of aliphatic carboxylic acids is 2. The lowest BCUT2D eigenvalue weighted by atomic mass is 10.1. The second-order valence-corrected chi connectivity index (χ2v) is 10.1. The molecule has 1 aliphatic rings. The van der Waals surface area contributed by atoms with Gasteiger partial charge in [0.15, 0.2) is 0 Å². The van der Waals surface area contributed by atoms with Crippen LogP contribution < -0.4 is 32.7 Å². The maximum Gasteiger partial charge on any atom is 0.325 e. The summed E-state index contributed by atoms with van der Waals surface area (Å²) >= 11 is 0. The molecule has 0 aromatic carbocycles. The number of aliphatic hydroxyl groups excluding tert-OH is 1. The number of rotatable bonds is 18. The first-order valence-electron chi connectivity index (χ1n) is 13.8. The van der Waals surface area contributed by atoms with E-state index in [9.17, 15) is 38.7 Å². The van der Waals surface area contributed by atoms with E-state index in [1.165, 1.54) is 18.7 Å². The molecular weight excluding hydrogens is 558 g/mol. The van der Waals surface area contributed by atoms with E-state index in [0.29, 0.717) is 32.2 Å². The minimum atomic E-state index is -1.39. The molecule has 0 radical (unpaired) electrons. The molecule has 0 aliphatic carbocycles. The third-order valence-electron chi connectivity index (χ3n) is 6.70. The summed E-state index contributed by atoms with van der Waals surface area (Å²) in [4.78, 5) is 87.0. The summed E-state index contributed by atoms with van der Waals surface area (Å²) in [5.41, 5.74) is 11.3. The summed E-state index contributed by atoms with van der Waals surface area (Å²) < 4.78 is 0. The second kappa shape index (κ2) is 17.9. The third-order valence-corrected chi connectivity index (χ3v) is 6.70. The van der Waals surface area contributed by atoms with E-state index in [1.807, 2.05) is 0 Å². The van der Waals surface area contributed by atoms with E-state index in [0.717, 1.165) is 0 Å². The van der Waals surface area contributed by atoms with Crippen molar-refractivity contribution in [1.29, 1.82) is 0 Å². The molecule has 5 amide bonds. The maximum absolute atomic E-state index is 13.1. The van der Waals surface area contributed by atoms with Gasteiger partial charge in [-0.05, 0) is 52.5 Å². The Morgan fingerprint density at radius 2 is 1.50 bits per heavy atom. The van der Waals surface area contributed by atoms with E-state index < -0.39 is 90.8 Å². The number of carbonyl (C=O) groups is 7. The van der Waals surface area contributed by atoms with Gasteiger partial charge in [0.1, 0.15) is 30.2 Å². The smallest absolute Gasteiger partial charge is 0.325 e. The standard InChI is InChI=1S/C25H43N7O10/c1-13(20(36)30-16(8-9-19(34)35)22(38)29-14(2)25(41)42)28-23(39)18-7-5-11-32(18)24(40)17(12-33)31-21(37)15(27)6-3-4-10-26/h13-18,33H,3-12,26-27H2,1-2H3,(H,28,39)(H,29,38)(H,30,36)(H,31,37)(H,34,35)(H,41,42)/t13-,14-,15-,16-,17-,18-/m0/s1. The summed E-state index contributed by atoms with van der Waals surface area (Å²) in [6, 6.07) is -7.19. The molecule has 0 bridgehead atoms. The largest absolute Gasteiger partial charge is 0.481 e. The molecule has 238 valence electrons. The molecule has 0 saturated carbocycles. The molecule has 0 unspecified atom stereocenters. The SMILES string of the molecule is C[C@H](NC(=O)[C@H](CCC(=O)O)NC(=O)[C@H](C)NC(=O)[C@@H]1CCCN1C(=O)[C@H](CO)NC(=O)[C@@H](N)CCCCN)C(=O)O. The van der Waals surface area contributed by atoms with Crippen molar-refractivity contribution in [1.82, 2.24) is 26.2 Å². The highest BCUT2D eigenvalue weighted by Crippen LogP contribution is 2.19. The zero-order chi connectivity index (χ0) is 32.0. The zero-order valence-electron chi connectivity index (χ0n) is 23.8. The van der Waals surface area contributed by atoms with Gasteiger partial charge in [0.25, 0.3) is 0 Å². The van der Waals surface area contributed by atoms with Gasteiger partial charge < -0.3 is 53.0 Å². The van der Waals surface area contributed by atoms with Gasteiger partial charge in [-0.2, -0.15) is 0 Å². The van der Waals surface area contributed by atoms with Crippen molar-refractivity contribution >= 4 is 41.5 Å². The van der Waals surface area contributed by atoms with Gasteiger partial charge in [0.2, 0.25) is 29.5 Å². The van der Waals surface area contributed by atoms with Crippen molar-refractivity contribution in [2.75, 3.05) is 19.7 Å². The van der Waals surface area contributed by atoms with Crippen LogP contribution in [0.5, 0.6) is 0 Å². The number of nitrogens with two attached hydrogens (primary N) is 2. The Hall–Kier alpha value is -3.83. The fourth-order valence-corrected chi connectivity index (χ4v) is 4.19. The number of likely N-dealkylation sites (tertiary alicyclic amines) is 1. The fraction of sp³-hybridized carbons (Fsp3) is 0.720. The number of carbonyl (C=O) groups excluding carboxylic acids is 5. The van der Waals surface area contributed by atoms with Crippen LogP contribution >= 0.6 is 0 Å². The van der Waals surface area contributed by atoms with Crippen molar-refractivity contribution in [2.24, 2.45) is 11.5 Å². The van der Waals surface area contributed by atoms with E-state index in [2.05, 4.69) is 21.3 Å². The predicted octanol–water partition coefficient (Wildman–Crippen LogP) is -3.65. The van der Waals surface area contributed by atoms with Crippen LogP contribution in [0.25, 0.3) is 0 Å². The van der Waals surface area contributed by atoms with E-state index >= 15 is 0 Å². The Morgan fingerprint density at radius 3 is 2.07 bits per heavy atom. The monoisotopic (exact) mass is 601 g/mol. The molecule has 1 aliphatic heterocycles. The van der Waals surface area contributed by atoms with E-state index in [-0.39, 0.29) is 19.4 Å². The molecular formula is C25H43N7O10. The van der Waals surface area contributed by atoms with Crippen LogP contribution in [0.15, 0.2) is 0 Å². The van der Waals surface area contributed by atoms with Crippen LogP contribution in [-0.2, 0) is 33.6 Å². The number of carboxylic acid groups (broad SMARTS) is 2.